The number of furan rings is 1. The van der Waals surface area contributed by atoms with Crippen LogP contribution < -0.4 is 10.6 Å². The Balaban J connectivity index is 1.67. The molecule has 1 aromatic heterocycles. The molecule has 1 aliphatic heterocycles. The highest BCUT2D eigenvalue weighted by Gasteiger charge is 2.22. The second kappa shape index (κ2) is 7.64. The molecule has 0 saturated carbocycles. The highest BCUT2D eigenvalue weighted by atomic mass is 32.1. The van der Waals surface area contributed by atoms with Gasteiger partial charge in [0.1, 0.15) is 5.76 Å². The molecular weight excluding hydrogens is 270 g/mol. The Kier molecular flexibility index (Phi) is 5.86. The number of hydrogen-bond donors (Lipinski definition) is 2. The molecule has 2 unspecified atom stereocenters. The zero-order valence-corrected chi connectivity index (χ0v) is 13.2. The van der Waals surface area contributed by atoms with Crippen LogP contribution in [0.25, 0.3) is 0 Å². The van der Waals surface area contributed by atoms with Gasteiger partial charge in [-0.2, -0.15) is 0 Å². The predicted octanol–water partition coefficient (Wildman–Crippen LogP) is 2.51. The number of nitrogens with one attached hydrogen (secondary N) is 2. The molecular formula is C15H25N3OS. The minimum Gasteiger partial charge on any atom is -0.467 e. The van der Waals surface area contributed by atoms with Crippen LogP contribution in [0.5, 0.6) is 0 Å². The topological polar surface area (TPSA) is 40.4 Å². The van der Waals surface area contributed by atoms with Crippen molar-refractivity contribution in [3.05, 3.63) is 24.2 Å². The molecule has 1 fully saturated rings. The molecule has 0 aliphatic carbocycles. The third kappa shape index (κ3) is 4.49. The van der Waals surface area contributed by atoms with Crippen molar-refractivity contribution in [3.63, 3.8) is 0 Å². The minimum atomic E-state index is 0.508. The van der Waals surface area contributed by atoms with Gasteiger partial charge in [-0.25, -0.2) is 0 Å². The first-order valence-electron chi connectivity index (χ1n) is 7.46. The number of likely N-dealkylation sites (tertiary alicyclic amines) is 1. The molecule has 0 radical (unpaired) electrons. The molecule has 0 bridgehead atoms. The molecule has 1 saturated heterocycles. The van der Waals surface area contributed by atoms with Crippen molar-refractivity contribution in [2.45, 2.75) is 51.7 Å². The molecule has 1 aliphatic rings. The largest absolute Gasteiger partial charge is 0.467 e. The molecule has 2 N–H and O–H groups in total. The van der Waals surface area contributed by atoms with Crippen molar-refractivity contribution in [2.75, 3.05) is 13.1 Å². The summed E-state index contributed by atoms with van der Waals surface area (Å²) in [6, 6.07) is 5.01. The van der Waals surface area contributed by atoms with Gasteiger partial charge in [-0.3, -0.25) is 4.90 Å². The SMILES string of the molecule is CC1CCCCN1C(C)CNC(=S)NCc1ccco1. The summed E-state index contributed by atoms with van der Waals surface area (Å²) >= 11 is 5.29. The van der Waals surface area contributed by atoms with E-state index in [1.807, 2.05) is 12.1 Å². The van der Waals surface area contributed by atoms with Crippen LogP contribution in [-0.4, -0.2) is 35.2 Å². The molecule has 4 nitrogen and oxygen atoms in total. The van der Waals surface area contributed by atoms with E-state index in [0.29, 0.717) is 23.7 Å². The second-order valence-electron chi connectivity index (χ2n) is 5.57. The molecule has 20 heavy (non-hydrogen) atoms. The molecule has 0 spiro atoms. The van der Waals surface area contributed by atoms with E-state index < -0.39 is 0 Å². The Bertz CT molecular complexity index is 407. The van der Waals surface area contributed by atoms with Crippen molar-refractivity contribution < 1.29 is 4.42 Å². The first kappa shape index (κ1) is 15.3. The maximum absolute atomic E-state index is 5.29. The number of nitrogens with zero attached hydrogens (tertiary/aromatic N) is 1. The Hall–Kier alpha value is -1.07. The molecule has 2 rings (SSSR count). The molecule has 0 amide bonds. The van der Waals surface area contributed by atoms with Crippen LogP contribution in [0.15, 0.2) is 22.8 Å². The average Bonchev–Trinajstić information content (AvgIpc) is 2.96. The Morgan fingerprint density at radius 1 is 1.50 bits per heavy atom. The predicted molar refractivity (Wildman–Crippen MR) is 85.6 cm³/mol. The molecule has 112 valence electrons. The molecule has 0 aromatic carbocycles. The van der Waals surface area contributed by atoms with Gasteiger partial charge in [-0.05, 0) is 57.6 Å². The third-order valence-corrected chi connectivity index (χ3v) is 4.27. The maximum atomic E-state index is 5.29. The van der Waals surface area contributed by atoms with Crippen LogP contribution in [0.4, 0.5) is 0 Å². The van der Waals surface area contributed by atoms with E-state index >= 15 is 0 Å². The molecule has 1 aromatic rings. The Morgan fingerprint density at radius 2 is 2.35 bits per heavy atom. The molecule has 2 heterocycles. The highest BCUT2D eigenvalue weighted by Crippen LogP contribution is 2.18. The van der Waals surface area contributed by atoms with Crippen molar-refractivity contribution >= 4 is 17.3 Å². The van der Waals surface area contributed by atoms with E-state index in [1.54, 1.807) is 6.26 Å². The van der Waals surface area contributed by atoms with Crippen LogP contribution in [-0.2, 0) is 6.54 Å². The summed E-state index contributed by atoms with van der Waals surface area (Å²) in [5.74, 6) is 0.895. The van der Waals surface area contributed by atoms with E-state index in [4.69, 9.17) is 16.6 Å². The summed E-state index contributed by atoms with van der Waals surface area (Å²) in [6.45, 7) is 7.31. The first-order valence-corrected chi connectivity index (χ1v) is 7.87. The van der Waals surface area contributed by atoms with Crippen LogP contribution in [0.1, 0.15) is 38.9 Å². The summed E-state index contributed by atoms with van der Waals surface area (Å²) in [6.07, 6.45) is 5.66. The fourth-order valence-corrected chi connectivity index (χ4v) is 2.93. The van der Waals surface area contributed by atoms with Gasteiger partial charge in [-0.1, -0.05) is 6.42 Å². The summed E-state index contributed by atoms with van der Waals surface area (Å²) in [4.78, 5) is 2.58. The van der Waals surface area contributed by atoms with E-state index in [-0.39, 0.29) is 0 Å². The summed E-state index contributed by atoms with van der Waals surface area (Å²) < 4.78 is 5.26. The van der Waals surface area contributed by atoms with Crippen molar-refractivity contribution in [1.29, 1.82) is 0 Å². The fourth-order valence-electron chi connectivity index (χ4n) is 2.78. The van der Waals surface area contributed by atoms with Gasteiger partial charge < -0.3 is 15.1 Å². The highest BCUT2D eigenvalue weighted by molar-refractivity contribution is 7.80. The quantitative estimate of drug-likeness (QED) is 0.817. The standard InChI is InChI=1S/C15H25N3OS/c1-12-6-3-4-8-18(12)13(2)10-16-15(20)17-11-14-7-5-9-19-14/h5,7,9,12-13H,3-4,6,8,10-11H2,1-2H3,(H2,16,17,20). The molecule has 5 heteroatoms. The number of piperidine rings is 1. The first-order chi connectivity index (χ1) is 9.66. The lowest BCUT2D eigenvalue weighted by atomic mass is 10.0. The smallest absolute Gasteiger partial charge is 0.166 e. The lowest BCUT2D eigenvalue weighted by molar-refractivity contribution is 0.116. The zero-order chi connectivity index (χ0) is 14.4. The van der Waals surface area contributed by atoms with Gasteiger partial charge in [0.05, 0.1) is 12.8 Å². The fraction of sp³-hybridized carbons (Fsp3) is 0.667. The van der Waals surface area contributed by atoms with E-state index in [9.17, 15) is 0 Å². The monoisotopic (exact) mass is 295 g/mol. The van der Waals surface area contributed by atoms with E-state index in [2.05, 4.69) is 29.4 Å². The lowest BCUT2D eigenvalue weighted by Crippen LogP contribution is -2.49. The summed E-state index contributed by atoms with van der Waals surface area (Å²) in [5, 5.41) is 7.15. The van der Waals surface area contributed by atoms with Gasteiger partial charge in [0, 0.05) is 18.6 Å². The third-order valence-electron chi connectivity index (χ3n) is 3.98. The number of thiocarbonyl (C=S) groups is 1. The Morgan fingerprint density at radius 3 is 3.05 bits per heavy atom. The lowest BCUT2D eigenvalue weighted by Gasteiger charge is -2.38. The normalized spacial score (nSPS) is 21.4. The van der Waals surface area contributed by atoms with Gasteiger partial charge in [0.25, 0.3) is 0 Å². The van der Waals surface area contributed by atoms with E-state index in [1.165, 1.54) is 25.8 Å². The maximum Gasteiger partial charge on any atom is 0.166 e. The van der Waals surface area contributed by atoms with Crippen LogP contribution in [0.2, 0.25) is 0 Å². The van der Waals surface area contributed by atoms with Crippen molar-refractivity contribution in [1.82, 2.24) is 15.5 Å². The minimum absolute atomic E-state index is 0.508. The van der Waals surface area contributed by atoms with Crippen LogP contribution in [0, 0.1) is 0 Å². The van der Waals surface area contributed by atoms with Gasteiger partial charge in [0.2, 0.25) is 0 Å². The van der Waals surface area contributed by atoms with Gasteiger partial charge in [0.15, 0.2) is 5.11 Å². The van der Waals surface area contributed by atoms with E-state index in [0.717, 1.165) is 12.3 Å². The van der Waals surface area contributed by atoms with Crippen molar-refractivity contribution in [2.24, 2.45) is 0 Å². The van der Waals surface area contributed by atoms with Crippen molar-refractivity contribution in [3.8, 4) is 0 Å². The average molecular weight is 295 g/mol. The van der Waals surface area contributed by atoms with Crippen LogP contribution >= 0.6 is 12.2 Å². The number of hydrogen-bond acceptors (Lipinski definition) is 3. The molecule has 2 atom stereocenters. The zero-order valence-electron chi connectivity index (χ0n) is 12.4. The van der Waals surface area contributed by atoms with Gasteiger partial charge >= 0.3 is 0 Å². The van der Waals surface area contributed by atoms with Crippen LogP contribution in [0.3, 0.4) is 0 Å². The number of rotatable bonds is 5. The Labute approximate surface area is 126 Å². The second-order valence-corrected chi connectivity index (χ2v) is 5.98. The summed E-state index contributed by atoms with van der Waals surface area (Å²) in [5.41, 5.74) is 0. The summed E-state index contributed by atoms with van der Waals surface area (Å²) in [7, 11) is 0. The van der Waals surface area contributed by atoms with Gasteiger partial charge in [-0.15, -0.1) is 0 Å².